The van der Waals surface area contributed by atoms with Crippen LogP contribution in [0.3, 0.4) is 0 Å². The van der Waals surface area contributed by atoms with Gasteiger partial charge < -0.3 is 10.5 Å². The fourth-order valence-corrected chi connectivity index (χ4v) is 1.91. The molecule has 2 N–H and O–H groups in total. The van der Waals surface area contributed by atoms with Gasteiger partial charge in [0, 0.05) is 6.07 Å². The van der Waals surface area contributed by atoms with E-state index >= 15 is 0 Å². The Morgan fingerprint density at radius 3 is 2.50 bits per heavy atom. The molecule has 0 atom stereocenters. The first-order valence-corrected chi connectivity index (χ1v) is 6.02. The minimum Gasteiger partial charge on any atom is -0.454 e. The van der Waals surface area contributed by atoms with Gasteiger partial charge in [0.25, 0.3) is 0 Å². The van der Waals surface area contributed by atoms with E-state index in [0.29, 0.717) is 10.2 Å². The molecule has 0 aliphatic rings. The summed E-state index contributed by atoms with van der Waals surface area (Å²) >= 11 is 8.71. The summed E-state index contributed by atoms with van der Waals surface area (Å²) in [5.41, 5.74) is 5.84. The van der Waals surface area contributed by atoms with E-state index in [1.807, 2.05) is 0 Å². The second-order valence-corrected chi connectivity index (χ2v) is 4.74. The Hall–Kier alpha value is -1.33. The number of nitrogen functional groups attached to an aromatic ring is 1. The highest BCUT2D eigenvalue weighted by Gasteiger charge is 2.10. The summed E-state index contributed by atoms with van der Waals surface area (Å²) in [6.07, 6.45) is 0. The lowest BCUT2D eigenvalue weighted by Gasteiger charge is -2.10. The second kappa shape index (κ2) is 5.12. The molecule has 2 aromatic carbocycles. The highest BCUT2D eigenvalue weighted by Crippen LogP contribution is 2.35. The Bertz CT molecular complexity index is 607. The van der Waals surface area contributed by atoms with Crippen LogP contribution in [0.1, 0.15) is 0 Å². The van der Waals surface area contributed by atoms with Gasteiger partial charge in [-0.1, -0.05) is 11.6 Å². The number of nitrogens with two attached hydrogens (primary N) is 1. The number of halogens is 4. The van der Waals surface area contributed by atoms with Crippen molar-refractivity contribution in [2.75, 3.05) is 5.73 Å². The molecule has 18 heavy (non-hydrogen) atoms. The monoisotopic (exact) mass is 333 g/mol. The second-order valence-electron chi connectivity index (χ2n) is 3.48. The molecule has 0 fully saturated rings. The van der Waals surface area contributed by atoms with Crippen molar-refractivity contribution < 1.29 is 13.5 Å². The normalized spacial score (nSPS) is 10.4. The van der Waals surface area contributed by atoms with Gasteiger partial charge in [-0.15, -0.1) is 0 Å². The highest BCUT2D eigenvalue weighted by molar-refractivity contribution is 9.10. The van der Waals surface area contributed by atoms with Crippen LogP contribution >= 0.6 is 27.5 Å². The molecule has 0 saturated heterocycles. The summed E-state index contributed by atoms with van der Waals surface area (Å²) in [5, 5.41) is -0.0852. The maximum atomic E-state index is 13.3. The van der Waals surface area contributed by atoms with E-state index in [-0.39, 0.29) is 16.5 Å². The molecule has 0 heterocycles. The Morgan fingerprint density at radius 2 is 1.83 bits per heavy atom. The van der Waals surface area contributed by atoms with E-state index in [9.17, 15) is 8.78 Å². The third-order valence-corrected chi connectivity index (χ3v) is 3.08. The van der Waals surface area contributed by atoms with E-state index in [0.717, 1.165) is 6.07 Å². The van der Waals surface area contributed by atoms with Crippen molar-refractivity contribution in [1.82, 2.24) is 0 Å². The van der Waals surface area contributed by atoms with Crippen molar-refractivity contribution in [2.45, 2.75) is 0 Å². The van der Waals surface area contributed by atoms with Crippen LogP contribution in [0.5, 0.6) is 11.5 Å². The number of anilines is 1. The van der Waals surface area contributed by atoms with Crippen molar-refractivity contribution >= 4 is 33.2 Å². The van der Waals surface area contributed by atoms with Crippen molar-refractivity contribution in [2.24, 2.45) is 0 Å². The van der Waals surface area contributed by atoms with Crippen LogP contribution in [0, 0.1) is 11.6 Å². The summed E-state index contributed by atoms with van der Waals surface area (Å²) in [6.45, 7) is 0. The molecule has 6 heteroatoms. The number of rotatable bonds is 2. The van der Waals surface area contributed by atoms with Crippen molar-refractivity contribution in [3.05, 3.63) is 51.5 Å². The summed E-state index contributed by atoms with van der Waals surface area (Å²) in [4.78, 5) is 0. The molecule has 0 aliphatic carbocycles. The molecular formula is C12H7BrClF2NO. The average molecular weight is 335 g/mol. The highest BCUT2D eigenvalue weighted by atomic mass is 79.9. The van der Waals surface area contributed by atoms with Crippen LogP contribution in [0.4, 0.5) is 14.5 Å². The zero-order valence-corrected chi connectivity index (χ0v) is 11.2. The lowest BCUT2D eigenvalue weighted by atomic mass is 10.3. The van der Waals surface area contributed by atoms with E-state index in [2.05, 4.69) is 15.9 Å². The molecule has 0 aliphatic heterocycles. The first-order chi connectivity index (χ1) is 8.47. The fraction of sp³-hybridized carbons (Fsp3) is 0. The Morgan fingerprint density at radius 1 is 1.11 bits per heavy atom. The van der Waals surface area contributed by atoms with Gasteiger partial charge in [0.1, 0.15) is 17.4 Å². The van der Waals surface area contributed by atoms with Gasteiger partial charge in [-0.05, 0) is 40.2 Å². The van der Waals surface area contributed by atoms with Crippen molar-refractivity contribution in [3.63, 3.8) is 0 Å². The van der Waals surface area contributed by atoms with Crippen LogP contribution in [0.2, 0.25) is 5.02 Å². The molecule has 94 valence electrons. The maximum absolute atomic E-state index is 13.3. The number of hydrogen-bond donors (Lipinski definition) is 1. The van der Waals surface area contributed by atoms with Gasteiger partial charge in [0.15, 0.2) is 5.75 Å². The molecule has 2 rings (SSSR count). The Kier molecular flexibility index (Phi) is 3.73. The van der Waals surface area contributed by atoms with Gasteiger partial charge in [0.05, 0.1) is 15.2 Å². The Balaban J connectivity index is 2.37. The minimum atomic E-state index is -0.640. The third-order valence-electron chi connectivity index (χ3n) is 2.17. The van der Waals surface area contributed by atoms with Gasteiger partial charge in [-0.3, -0.25) is 0 Å². The third kappa shape index (κ3) is 2.73. The van der Waals surface area contributed by atoms with Crippen LogP contribution in [0.25, 0.3) is 0 Å². The molecule has 0 radical (unpaired) electrons. The maximum Gasteiger partial charge on any atom is 0.153 e. The standard InChI is InChI=1S/C12H7BrClF2NO/c13-7-3-6(15)1-2-11(7)18-12-5-9(16)8(14)4-10(12)17/h1-5H,17H2. The van der Waals surface area contributed by atoms with E-state index in [4.69, 9.17) is 22.1 Å². The quantitative estimate of drug-likeness (QED) is 0.804. The molecule has 0 amide bonds. The summed E-state index contributed by atoms with van der Waals surface area (Å²) < 4.78 is 32.0. The molecule has 0 aromatic heterocycles. The lowest BCUT2D eigenvalue weighted by molar-refractivity contribution is 0.474. The van der Waals surface area contributed by atoms with E-state index < -0.39 is 11.6 Å². The number of ether oxygens (including phenoxy) is 1. The zero-order chi connectivity index (χ0) is 13.3. The molecule has 0 saturated carbocycles. The predicted octanol–water partition coefficient (Wildman–Crippen LogP) is 4.76. The van der Waals surface area contributed by atoms with Gasteiger partial charge >= 0.3 is 0 Å². The van der Waals surface area contributed by atoms with E-state index in [1.54, 1.807) is 0 Å². The minimum absolute atomic E-state index is 0.0852. The number of benzene rings is 2. The van der Waals surface area contributed by atoms with Crippen LogP contribution in [0.15, 0.2) is 34.8 Å². The molecule has 2 aromatic rings. The predicted molar refractivity (Wildman–Crippen MR) is 70.0 cm³/mol. The van der Waals surface area contributed by atoms with Gasteiger partial charge in [-0.25, -0.2) is 8.78 Å². The summed E-state index contributed by atoms with van der Waals surface area (Å²) in [6, 6.07) is 6.20. The summed E-state index contributed by atoms with van der Waals surface area (Å²) in [5.74, 6) is -0.613. The topological polar surface area (TPSA) is 35.2 Å². The lowest BCUT2D eigenvalue weighted by Crippen LogP contribution is -1.94. The molecule has 0 unspecified atom stereocenters. The largest absolute Gasteiger partial charge is 0.454 e. The van der Waals surface area contributed by atoms with Gasteiger partial charge in [0.2, 0.25) is 0 Å². The molecular weight excluding hydrogens is 327 g/mol. The smallest absolute Gasteiger partial charge is 0.153 e. The zero-order valence-electron chi connectivity index (χ0n) is 8.88. The first-order valence-electron chi connectivity index (χ1n) is 4.85. The van der Waals surface area contributed by atoms with Gasteiger partial charge in [-0.2, -0.15) is 0 Å². The summed E-state index contributed by atoms with van der Waals surface area (Å²) in [7, 11) is 0. The van der Waals surface area contributed by atoms with Crippen LogP contribution in [-0.2, 0) is 0 Å². The number of hydrogen-bond acceptors (Lipinski definition) is 2. The average Bonchev–Trinajstić information content (AvgIpc) is 2.29. The van der Waals surface area contributed by atoms with Crippen LogP contribution < -0.4 is 10.5 Å². The SMILES string of the molecule is Nc1cc(Cl)c(F)cc1Oc1ccc(F)cc1Br. The van der Waals surface area contributed by atoms with Crippen molar-refractivity contribution in [3.8, 4) is 11.5 Å². The Labute approximate surface area is 115 Å². The molecule has 2 nitrogen and oxygen atoms in total. The first kappa shape index (κ1) is 13.1. The fourth-order valence-electron chi connectivity index (χ4n) is 1.31. The van der Waals surface area contributed by atoms with Crippen molar-refractivity contribution in [1.29, 1.82) is 0 Å². The molecule has 0 bridgehead atoms. The van der Waals surface area contributed by atoms with E-state index in [1.165, 1.54) is 24.3 Å². The molecule has 0 spiro atoms. The van der Waals surface area contributed by atoms with Crippen LogP contribution in [-0.4, -0.2) is 0 Å².